The lowest BCUT2D eigenvalue weighted by Crippen LogP contribution is -2.54. The van der Waals surface area contributed by atoms with Crippen molar-refractivity contribution in [1.29, 1.82) is 0 Å². The van der Waals surface area contributed by atoms with Crippen molar-refractivity contribution in [2.24, 2.45) is 0 Å². The van der Waals surface area contributed by atoms with Crippen LogP contribution in [0.2, 0.25) is 0 Å². The number of hydrogen-bond acceptors (Lipinski definition) is 7. The molecule has 0 bridgehead atoms. The van der Waals surface area contributed by atoms with Gasteiger partial charge >= 0.3 is 12.1 Å². The molecule has 0 spiro atoms. The predicted octanol–water partition coefficient (Wildman–Crippen LogP) is 2.46. The Bertz CT molecular complexity index is 1110. The molecule has 1 fully saturated rings. The number of rotatable bonds is 9. The highest BCUT2D eigenvalue weighted by Gasteiger charge is 2.36. The third-order valence-electron chi connectivity index (χ3n) is 5.36. The van der Waals surface area contributed by atoms with Crippen LogP contribution in [-0.4, -0.2) is 52.5 Å². The van der Waals surface area contributed by atoms with Crippen LogP contribution in [0.25, 0.3) is 0 Å². The number of hydroxylamine groups is 2. The third-order valence-corrected chi connectivity index (χ3v) is 5.36. The van der Waals surface area contributed by atoms with Gasteiger partial charge in [-0.2, -0.15) is 0 Å². The van der Waals surface area contributed by atoms with Crippen LogP contribution in [0, 0.1) is 0 Å². The number of amides is 4. The molecule has 3 rings (SSSR count). The molecule has 10 nitrogen and oxygen atoms in total. The van der Waals surface area contributed by atoms with E-state index in [9.17, 15) is 24.0 Å². The van der Waals surface area contributed by atoms with Gasteiger partial charge in [0.15, 0.2) is 0 Å². The lowest BCUT2D eigenvalue weighted by Gasteiger charge is -2.25. The number of nitrogens with zero attached hydrogens (tertiary/aromatic N) is 1. The van der Waals surface area contributed by atoms with Crippen molar-refractivity contribution in [3.05, 3.63) is 71.8 Å². The smallest absolute Gasteiger partial charge is 0.408 e. The maximum atomic E-state index is 13.4. The minimum absolute atomic E-state index is 0.0339. The van der Waals surface area contributed by atoms with E-state index >= 15 is 0 Å². The van der Waals surface area contributed by atoms with Gasteiger partial charge in [-0.25, -0.2) is 9.59 Å². The Labute approximate surface area is 215 Å². The molecule has 4 amide bonds. The summed E-state index contributed by atoms with van der Waals surface area (Å²) in [4.78, 5) is 67.9. The SMILES string of the molecule is CC(C)(C)OC(=O)N[C@@H](Cc1ccccc1)C(=O)N[C@@H](Cc1ccccc1)C(=O)ON1C(=O)CCC1=O. The van der Waals surface area contributed by atoms with Crippen LogP contribution in [0.5, 0.6) is 0 Å². The van der Waals surface area contributed by atoms with Gasteiger partial charge in [-0.3, -0.25) is 14.4 Å². The molecule has 37 heavy (non-hydrogen) atoms. The molecular weight excluding hydrogens is 478 g/mol. The molecular formula is C27H31N3O7. The number of carbonyl (C=O) groups is 5. The summed E-state index contributed by atoms with van der Waals surface area (Å²) in [7, 11) is 0. The molecule has 196 valence electrons. The minimum Gasteiger partial charge on any atom is -0.444 e. The Morgan fingerprint density at radius 2 is 1.30 bits per heavy atom. The number of nitrogens with one attached hydrogen (secondary N) is 2. The van der Waals surface area contributed by atoms with Gasteiger partial charge in [0.05, 0.1) is 0 Å². The van der Waals surface area contributed by atoms with E-state index in [1.165, 1.54) is 0 Å². The van der Waals surface area contributed by atoms with Crippen molar-refractivity contribution < 1.29 is 33.5 Å². The molecule has 1 saturated heterocycles. The third kappa shape index (κ3) is 8.45. The second-order valence-electron chi connectivity index (χ2n) is 9.63. The zero-order valence-electron chi connectivity index (χ0n) is 21.1. The first-order valence-electron chi connectivity index (χ1n) is 12.0. The second-order valence-corrected chi connectivity index (χ2v) is 9.63. The zero-order chi connectivity index (χ0) is 27.0. The summed E-state index contributed by atoms with van der Waals surface area (Å²) in [5.41, 5.74) is 0.699. The molecule has 0 radical (unpaired) electrons. The topological polar surface area (TPSA) is 131 Å². The molecule has 0 unspecified atom stereocenters. The van der Waals surface area contributed by atoms with E-state index in [0.29, 0.717) is 10.6 Å². The molecule has 2 aromatic rings. The van der Waals surface area contributed by atoms with Crippen LogP contribution < -0.4 is 10.6 Å². The van der Waals surface area contributed by atoms with Gasteiger partial charge in [-0.05, 0) is 31.9 Å². The van der Waals surface area contributed by atoms with Crippen molar-refractivity contribution >= 4 is 29.8 Å². The van der Waals surface area contributed by atoms with Crippen molar-refractivity contribution in [3.8, 4) is 0 Å². The average molecular weight is 510 g/mol. The summed E-state index contributed by atoms with van der Waals surface area (Å²) in [6.45, 7) is 5.10. The van der Waals surface area contributed by atoms with Crippen molar-refractivity contribution in [1.82, 2.24) is 15.7 Å². The van der Waals surface area contributed by atoms with E-state index in [1.54, 1.807) is 75.4 Å². The van der Waals surface area contributed by atoms with E-state index < -0.39 is 47.5 Å². The Morgan fingerprint density at radius 1 is 0.811 bits per heavy atom. The number of hydrogen-bond donors (Lipinski definition) is 2. The van der Waals surface area contributed by atoms with E-state index in [2.05, 4.69) is 10.6 Å². The Morgan fingerprint density at radius 3 is 1.78 bits per heavy atom. The molecule has 1 aliphatic rings. The second kappa shape index (κ2) is 12.2. The molecule has 0 aliphatic carbocycles. The first-order chi connectivity index (χ1) is 17.5. The van der Waals surface area contributed by atoms with Crippen LogP contribution >= 0.6 is 0 Å². The Kier molecular flexibility index (Phi) is 9.00. The first kappa shape index (κ1) is 27.4. The first-order valence-corrected chi connectivity index (χ1v) is 12.0. The summed E-state index contributed by atoms with van der Waals surface area (Å²) in [6.07, 6.45) is -0.741. The van der Waals surface area contributed by atoms with E-state index in [1.807, 2.05) is 6.07 Å². The van der Waals surface area contributed by atoms with Gasteiger partial charge in [0.2, 0.25) is 5.91 Å². The minimum atomic E-state index is -1.24. The fourth-order valence-corrected chi connectivity index (χ4v) is 3.64. The van der Waals surface area contributed by atoms with Crippen molar-refractivity contribution in [2.45, 2.75) is 64.1 Å². The molecule has 1 aliphatic heterocycles. The largest absolute Gasteiger partial charge is 0.444 e. The summed E-state index contributed by atoms with van der Waals surface area (Å²) in [5, 5.41) is 5.64. The number of alkyl carbamates (subject to hydrolysis) is 1. The highest BCUT2D eigenvalue weighted by Crippen LogP contribution is 2.15. The summed E-state index contributed by atoms with van der Waals surface area (Å²) in [5.74, 6) is -2.89. The quantitative estimate of drug-likeness (QED) is 0.497. The van der Waals surface area contributed by atoms with Gasteiger partial charge in [0.25, 0.3) is 11.8 Å². The summed E-state index contributed by atoms with van der Waals surface area (Å²) < 4.78 is 5.31. The molecule has 2 aromatic carbocycles. The van der Waals surface area contributed by atoms with Gasteiger partial charge in [0.1, 0.15) is 17.7 Å². The zero-order valence-corrected chi connectivity index (χ0v) is 21.1. The van der Waals surface area contributed by atoms with Gasteiger partial charge in [-0.1, -0.05) is 60.7 Å². The number of ether oxygens (including phenoxy) is 1. The predicted molar refractivity (Wildman–Crippen MR) is 133 cm³/mol. The number of imide groups is 1. The summed E-state index contributed by atoms with van der Waals surface area (Å²) >= 11 is 0. The lowest BCUT2D eigenvalue weighted by molar-refractivity contribution is -0.199. The highest BCUT2D eigenvalue weighted by atomic mass is 16.7. The van der Waals surface area contributed by atoms with Gasteiger partial charge in [0, 0.05) is 25.7 Å². The maximum Gasteiger partial charge on any atom is 0.408 e. The van der Waals surface area contributed by atoms with Crippen molar-refractivity contribution in [2.75, 3.05) is 0 Å². The van der Waals surface area contributed by atoms with Gasteiger partial charge in [-0.15, -0.1) is 5.06 Å². The molecule has 2 atom stereocenters. The van der Waals surface area contributed by atoms with Gasteiger partial charge < -0.3 is 20.2 Å². The van der Waals surface area contributed by atoms with Crippen LogP contribution in [0.4, 0.5) is 4.79 Å². The normalized spacial score (nSPS) is 15.1. The molecule has 10 heteroatoms. The van der Waals surface area contributed by atoms with E-state index in [4.69, 9.17) is 9.57 Å². The highest BCUT2D eigenvalue weighted by molar-refractivity contribution is 6.02. The maximum absolute atomic E-state index is 13.4. The fraction of sp³-hybridized carbons (Fsp3) is 0.370. The van der Waals surface area contributed by atoms with Crippen LogP contribution in [0.15, 0.2) is 60.7 Å². The van der Waals surface area contributed by atoms with Crippen molar-refractivity contribution in [3.63, 3.8) is 0 Å². The lowest BCUT2D eigenvalue weighted by atomic mass is 10.0. The number of benzene rings is 2. The van der Waals surface area contributed by atoms with Crippen LogP contribution in [0.3, 0.4) is 0 Å². The van der Waals surface area contributed by atoms with E-state index in [-0.39, 0.29) is 25.7 Å². The Balaban J connectivity index is 1.81. The van der Waals surface area contributed by atoms with E-state index in [0.717, 1.165) is 5.56 Å². The van der Waals surface area contributed by atoms with Crippen LogP contribution in [-0.2, 0) is 41.6 Å². The molecule has 2 N–H and O–H groups in total. The monoisotopic (exact) mass is 509 g/mol. The molecule has 0 aromatic heterocycles. The molecule has 1 heterocycles. The number of carbonyl (C=O) groups excluding carboxylic acids is 5. The molecule has 0 saturated carbocycles. The Hall–Kier alpha value is -4.21. The summed E-state index contributed by atoms with van der Waals surface area (Å²) in [6, 6.07) is 15.6. The standard InChI is InChI=1S/C27H31N3O7/c1-27(2,3)36-26(35)29-20(16-18-10-6-4-7-11-18)24(33)28-21(17-19-12-8-5-9-13-19)25(34)37-30-22(31)14-15-23(30)32/h4-13,20-21H,14-17H2,1-3H3,(H,28,33)(H,29,35)/t20-,21-/m0/s1. The van der Waals surface area contributed by atoms with Crippen LogP contribution in [0.1, 0.15) is 44.7 Å². The fourth-order valence-electron chi connectivity index (χ4n) is 3.64. The average Bonchev–Trinajstić information content (AvgIpc) is 3.15.